The number of H-pyrrole nitrogens is 1. The van der Waals surface area contributed by atoms with Gasteiger partial charge in [-0.05, 0) is 57.7 Å². The van der Waals surface area contributed by atoms with E-state index in [1.54, 1.807) is 18.3 Å². The molecule has 0 amide bonds. The van der Waals surface area contributed by atoms with Crippen LogP contribution < -0.4 is 62.1 Å². The van der Waals surface area contributed by atoms with Gasteiger partial charge < -0.3 is 128 Å². The zero-order valence-corrected chi connectivity index (χ0v) is 44.3. The van der Waals surface area contributed by atoms with Crippen LogP contribution in [0.15, 0.2) is 36.8 Å². The minimum Gasteiger partial charge on any atom is -0.481 e. The lowest BCUT2D eigenvalue weighted by Crippen LogP contribution is -2.44. The number of rotatable bonds is 27. The number of imidazole rings is 1. The number of ether oxygens (including phenoxy) is 3. The lowest BCUT2D eigenvalue weighted by atomic mass is 10.1. The van der Waals surface area contributed by atoms with Crippen molar-refractivity contribution < 1.29 is 128 Å². The largest absolute Gasteiger partial charge is 0.481 e. The maximum Gasteiger partial charge on any atom is 0.331 e. The van der Waals surface area contributed by atoms with Gasteiger partial charge in [-0.15, -0.1) is 0 Å². The molecule has 0 aliphatic rings. The minimum atomic E-state index is -1.29. The number of aromatic nitrogens is 2. The zero-order valence-electron chi connectivity index (χ0n) is 44.3. The number of nitrogens with two attached hydrogens (primary N) is 10. The number of carbonyl (C=O) groups excluding carboxylic acids is 3. The Bertz CT molecular complexity index is 2270. The molecule has 0 saturated heterocycles. The molecule has 2 aromatic rings. The van der Waals surface area contributed by atoms with Gasteiger partial charge in [0.05, 0.1) is 19.3 Å². The molecular weight excluding hydrogens is 1110 g/mol. The molecule has 0 unspecified atom stereocenters. The van der Waals surface area contributed by atoms with Crippen molar-refractivity contribution in [1.29, 1.82) is 0 Å². The van der Waals surface area contributed by atoms with Gasteiger partial charge in [-0.1, -0.05) is 12.1 Å². The summed E-state index contributed by atoms with van der Waals surface area (Å²) in [7, 11) is 0. The standard InChI is InChI=1S/C15H21N3O6.C7H14N2O4.C6H9N3O2.2C5H9NO4.C4H7NO4.C2H5NO2/c1-8(16)14(21)23-7-12(18)15(22)24-10-4-2-9(3-5-10)6-11(17)13(19)20;1-3(8)7(12)13-4(2)5(9)6(10)11;7-5(6(10)11)1-4-2-8-3-9-4;2*6-3(5(9)10)1-2-4(7)8;5-2(4(8)9)1-3(6)7;3-1-2(4)5/h2-5,8,11-12H,6-7,16-18H2,1H3,(H,19,20);3-5H,8-9H2,1-2H3,(H,10,11);2-3,5H,1,7H2,(H,8,9)(H,10,11);2*3H,1-2,6H2,(H,7,8)(H,9,10);2H,1,5H2,(H,6,7)(H,8,9);1,3H2,(H,4,5)/t8-,11-,12-;3-,4+,5-;5-;2*3-;2-;/m000000./s1. The average molecular weight is 1190 g/mol. The average Bonchev–Trinajstić information content (AvgIpc) is 3.90. The van der Waals surface area contributed by atoms with Crippen molar-refractivity contribution in [3.8, 4) is 5.75 Å². The van der Waals surface area contributed by atoms with Gasteiger partial charge in [-0.2, -0.15) is 0 Å². The van der Waals surface area contributed by atoms with Gasteiger partial charge in [0.25, 0.3) is 0 Å². The Labute approximate surface area is 465 Å². The number of benzene rings is 1. The van der Waals surface area contributed by atoms with Crippen LogP contribution in [0.3, 0.4) is 0 Å². The fraction of sp³-hybridized carbons (Fsp3) is 0.500. The van der Waals surface area contributed by atoms with E-state index >= 15 is 0 Å². The van der Waals surface area contributed by atoms with Crippen LogP contribution in [0.1, 0.15) is 64.1 Å². The highest BCUT2D eigenvalue weighted by Gasteiger charge is 2.25. The van der Waals surface area contributed by atoms with Crippen molar-refractivity contribution >= 4 is 77.6 Å². The number of aromatic amines is 1. The molecule has 466 valence electrons. The van der Waals surface area contributed by atoms with Crippen LogP contribution in [0.4, 0.5) is 0 Å². The molecule has 82 heavy (non-hydrogen) atoms. The van der Waals surface area contributed by atoms with Crippen LogP contribution in [0.2, 0.25) is 0 Å². The second-order valence-electron chi connectivity index (χ2n) is 16.2. The van der Waals surface area contributed by atoms with E-state index in [0.29, 0.717) is 5.56 Å². The predicted octanol–water partition coefficient (Wildman–Crippen LogP) is -6.77. The maximum atomic E-state index is 11.8. The number of nitrogens with zero attached hydrogens (tertiary/aromatic N) is 1. The van der Waals surface area contributed by atoms with E-state index in [2.05, 4.69) is 20.4 Å². The van der Waals surface area contributed by atoms with E-state index < -0.39 is 145 Å². The number of hydrogen-bond donors (Lipinski definition) is 21. The summed E-state index contributed by atoms with van der Waals surface area (Å²) >= 11 is 0. The van der Waals surface area contributed by atoms with Crippen molar-refractivity contribution in [3.63, 3.8) is 0 Å². The highest BCUT2D eigenvalue weighted by atomic mass is 16.6. The van der Waals surface area contributed by atoms with Gasteiger partial charge in [0, 0.05) is 31.2 Å². The Hall–Kier alpha value is -8.86. The summed E-state index contributed by atoms with van der Waals surface area (Å²) in [5.41, 5.74) is 52.8. The molecule has 38 nitrogen and oxygen atoms in total. The van der Waals surface area contributed by atoms with E-state index in [9.17, 15) is 62.3 Å². The van der Waals surface area contributed by atoms with Crippen LogP contribution in [0.25, 0.3) is 0 Å². The molecule has 38 heteroatoms. The third kappa shape index (κ3) is 48.3. The maximum absolute atomic E-state index is 11.8. The fourth-order valence-corrected chi connectivity index (χ4v) is 3.96. The second kappa shape index (κ2) is 45.9. The molecule has 10 atom stereocenters. The first-order chi connectivity index (χ1) is 37.6. The number of nitrogens with one attached hydrogen (secondary N) is 1. The van der Waals surface area contributed by atoms with Crippen LogP contribution in [-0.2, 0) is 84.6 Å². The molecule has 0 bridgehead atoms. The highest BCUT2D eigenvalue weighted by Crippen LogP contribution is 2.14. The van der Waals surface area contributed by atoms with Crippen molar-refractivity contribution in [1.82, 2.24) is 9.97 Å². The van der Waals surface area contributed by atoms with E-state index in [-0.39, 0.29) is 57.4 Å². The fourth-order valence-electron chi connectivity index (χ4n) is 3.96. The molecule has 0 aliphatic carbocycles. The number of carbonyl (C=O) groups is 13. The summed E-state index contributed by atoms with van der Waals surface area (Å²) in [6, 6.07) is -3.06. The SMILES string of the molecule is C[C@H](N)C(=O)OC[C@H](N)C(=O)Oc1ccc(C[C@H](N)C(=O)O)cc1.C[C@H](N)C(=O)O[C@H](C)[C@H](N)C(=O)O.NCC(=O)O.N[C@@H](CC(=O)O)C(=O)O.N[C@@H](CCC(=O)O)C(=O)O.N[C@@H](CCC(=O)O)C(=O)O.N[C@@H](Cc1cnc[nH]1)C(=O)O. The van der Waals surface area contributed by atoms with E-state index in [1.165, 1.54) is 39.2 Å². The summed E-state index contributed by atoms with van der Waals surface area (Å²) in [5.74, 6) is -13.1. The molecule has 0 spiro atoms. The molecular formula is C44H74N12O26. The first kappa shape index (κ1) is 82.0. The zero-order chi connectivity index (χ0) is 65.2. The van der Waals surface area contributed by atoms with E-state index in [0.717, 1.165) is 5.69 Å². The quantitative estimate of drug-likeness (QED) is 0.0292. The monoisotopic (exact) mass is 1190 g/mol. The Balaban J connectivity index is -0.000000296. The molecule has 0 saturated carbocycles. The van der Waals surface area contributed by atoms with Crippen molar-refractivity contribution in [2.75, 3.05) is 13.2 Å². The van der Waals surface area contributed by atoms with E-state index in [1.807, 2.05) is 0 Å². The lowest BCUT2D eigenvalue weighted by Gasteiger charge is -2.17. The molecule has 0 fully saturated rings. The first-order valence-electron chi connectivity index (χ1n) is 23.0. The Morgan fingerprint density at radius 3 is 1.21 bits per heavy atom. The van der Waals surface area contributed by atoms with Gasteiger partial charge in [0.2, 0.25) is 0 Å². The first-order valence-corrected chi connectivity index (χ1v) is 23.0. The number of esters is 3. The predicted molar refractivity (Wildman–Crippen MR) is 276 cm³/mol. The third-order valence-corrected chi connectivity index (χ3v) is 8.63. The van der Waals surface area contributed by atoms with Gasteiger partial charge in [-0.3, -0.25) is 57.5 Å². The summed E-state index contributed by atoms with van der Waals surface area (Å²) in [4.78, 5) is 140. The van der Waals surface area contributed by atoms with Crippen molar-refractivity contribution in [2.24, 2.45) is 57.3 Å². The lowest BCUT2D eigenvalue weighted by molar-refractivity contribution is -0.155. The summed E-state index contributed by atoms with van der Waals surface area (Å²) < 4.78 is 14.5. The molecule has 2 rings (SSSR count). The van der Waals surface area contributed by atoms with Crippen LogP contribution >= 0.6 is 0 Å². The molecule has 0 radical (unpaired) electrons. The van der Waals surface area contributed by atoms with Gasteiger partial charge in [0.1, 0.15) is 72.8 Å². The molecule has 1 heterocycles. The van der Waals surface area contributed by atoms with Crippen molar-refractivity contribution in [3.05, 3.63) is 48.0 Å². The number of hydrogen-bond acceptors (Lipinski definition) is 27. The molecule has 1 aromatic heterocycles. The number of aliphatic carboxylic acids is 10. The molecule has 31 N–H and O–H groups in total. The summed E-state index contributed by atoms with van der Waals surface area (Å²) in [6.45, 7) is 3.68. The number of carboxylic acids is 10. The normalized spacial score (nSPS) is 13.5. The van der Waals surface area contributed by atoms with Gasteiger partial charge in [0.15, 0.2) is 0 Å². The van der Waals surface area contributed by atoms with Crippen LogP contribution in [0, 0.1) is 0 Å². The Morgan fingerprint density at radius 1 is 0.500 bits per heavy atom. The van der Waals surface area contributed by atoms with Crippen LogP contribution in [-0.4, -0.2) is 212 Å². The number of carboxylic acid groups (broad SMARTS) is 10. The molecule has 0 aliphatic heterocycles. The molecule has 1 aromatic carbocycles. The summed E-state index contributed by atoms with van der Waals surface area (Å²) in [5, 5.41) is 81.8. The van der Waals surface area contributed by atoms with Crippen LogP contribution in [0.5, 0.6) is 5.75 Å². The van der Waals surface area contributed by atoms with Crippen molar-refractivity contribution in [2.45, 2.75) is 126 Å². The Morgan fingerprint density at radius 2 is 0.902 bits per heavy atom. The third-order valence-electron chi connectivity index (χ3n) is 8.63. The second-order valence-corrected chi connectivity index (χ2v) is 16.2. The van der Waals surface area contributed by atoms with E-state index in [4.69, 9.17) is 112 Å². The topological polar surface area (TPSA) is 741 Å². The summed E-state index contributed by atoms with van der Waals surface area (Å²) in [6.07, 6.45) is 1.63. The minimum absolute atomic E-state index is 0.0231. The smallest absolute Gasteiger partial charge is 0.331 e. The van der Waals surface area contributed by atoms with Gasteiger partial charge in [-0.25, -0.2) is 9.78 Å². The highest BCUT2D eigenvalue weighted by molar-refractivity contribution is 5.81. The Kier molecular flexibility index (Phi) is 45.9. The van der Waals surface area contributed by atoms with Gasteiger partial charge >= 0.3 is 77.6 Å².